The Morgan fingerprint density at radius 1 is 1.08 bits per heavy atom. The molecule has 7 heteroatoms. The highest BCUT2D eigenvalue weighted by atomic mass is 16.5. The van der Waals surface area contributed by atoms with Gasteiger partial charge in [0.15, 0.2) is 0 Å². The molecule has 0 aromatic heterocycles. The Morgan fingerprint density at radius 2 is 1.83 bits per heavy atom. The van der Waals surface area contributed by atoms with Crippen LogP contribution in [0.2, 0.25) is 0 Å². The number of carbonyl (C=O) groups excluding carboxylic acids is 1. The van der Waals surface area contributed by atoms with E-state index >= 15 is 0 Å². The summed E-state index contributed by atoms with van der Waals surface area (Å²) in [6.07, 6.45) is 3.27. The zero-order chi connectivity index (χ0) is 25.7. The van der Waals surface area contributed by atoms with Crippen LogP contribution < -0.4 is 5.73 Å². The topological polar surface area (TPSA) is 99.3 Å². The first kappa shape index (κ1) is 26.6. The molecule has 2 fully saturated rings. The number of unbranched alkanes of at least 4 members (excludes halogenated alkanes) is 1. The van der Waals surface area contributed by atoms with Crippen LogP contribution in [0.1, 0.15) is 43.2 Å². The summed E-state index contributed by atoms with van der Waals surface area (Å²) in [5.74, 6) is -0.106. The molecule has 2 aromatic rings. The van der Waals surface area contributed by atoms with Crippen molar-refractivity contribution in [3.05, 3.63) is 59.7 Å². The summed E-state index contributed by atoms with van der Waals surface area (Å²) in [6.45, 7) is 4.47. The fraction of sp³-hybridized carbons (Fsp3) is 0.552. The Kier molecular flexibility index (Phi) is 8.67. The highest BCUT2D eigenvalue weighted by Crippen LogP contribution is 2.43. The molecule has 2 aromatic carbocycles. The Balaban J connectivity index is 1.63. The third kappa shape index (κ3) is 5.75. The van der Waals surface area contributed by atoms with Gasteiger partial charge >= 0.3 is 6.03 Å². The molecule has 196 valence electrons. The van der Waals surface area contributed by atoms with Gasteiger partial charge in [0, 0.05) is 51.9 Å². The van der Waals surface area contributed by atoms with E-state index in [2.05, 4.69) is 37.3 Å². The van der Waals surface area contributed by atoms with Gasteiger partial charge in [-0.2, -0.15) is 0 Å². The number of aliphatic hydroxyl groups excluding tert-OH is 1. The van der Waals surface area contributed by atoms with Gasteiger partial charge in [0.25, 0.3) is 0 Å². The van der Waals surface area contributed by atoms with Gasteiger partial charge in [-0.05, 0) is 55.7 Å². The Hall–Kier alpha value is -2.45. The number of β-amino-alcohol motifs (C(OH)–C–C–N with tert-alkyl or cyclic N) is 1. The van der Waals surface area contributed by atoms with Crippen molar-refractivity contribution in [2.75, 3.05) is 39.9 Å². The lowest BCUT2D eigenvalue weighted by atomic mass is 9.72. The van der Waals surface area contributed by atoms with Crippen molar-refractivity contribution in [1.82, 2.24) is 9.80 Å². The second kappa shape index (κ2) is 11.7. The maximum atomic E-state index is 13.3. The van der Waals surface area contributed by atoms with E-state index in [0.29, 0.717) is 32.7 Å². The molecule has 0 radical (unpaired) electrons. The molecule has 2 heterocycles. The van der Waals surface area contributed by atoms with Crippen LogP contribution in [0.5, 0.6) is 0 Å². The molecule has 0 bridgehead atoms. The molecule has 0 unspecified atom stereocenters. The fourth-order valence-electron chi connectivity index (χ4n) is 5.75. The summed E-state index contributed by atoms with van der Waals surface area (Å²) in [4.78, 5) is 16.8. The SMILES string of the molecule is COCCCC[C@@](O)(c1ccccc1-c1ccc(C)cc1)[C@@H]1CCCN(C(=O)N2C[C@@H](N)[C@@H](O)C2)C1. The first-order valence-electron chi connectivity index (χ1n) is 13.2. The largest absolute Gasteiger partial charge is 0.390 e. The number of hydrogen-bond acceptors (Lipinski definition) is 5. The van der Waals surface area contributed by atoms with E-state index in [1.807, 2.05) is 23.1 Å². The lowest BCUT2D eigenvalue weighted by Crippen LogP contribution is -2.52. The van der Waals surface area contributed by atoms with Crippen molar-refractivity contribution in [2.24, 2.45) is 11.7 Å². The number of methoxy groups -OCH3 is 1. The Labute approximate surface area is 214 Å². The number of amides is 2. The van der Waals surface area contributed by atoms with Gasteiger partial charge in [0.2, 0.25) is 0 Å². The van der Waals surface area contributed by atoms with Crippen molar-refractivity contribution >= 4 is 6.03 Å². The van der Waals surface area contributed by atoms with E-state index < -0.39 is 17.7 Å². The van der Waals surface area contributed by atoms with E-state index in [0.717, 1.165) is 42.4 Å². The highest BCUT2D eigenvalue weighted by Gasteiger charge is 2.43. The van der Waals surface area contributed by atoms with Crippen LogP contribution in [0.25, 0.3) is 11.1 Å². The van der Waals surface area contributed by atoms with Crippen LogP contribution in [-0.4, -0.2) is 78.1 Å². The lowest BCUT2D eigenvalue weighted by Gasteiger charge is -2.44. The summed E-state index contributed by atoms with van der Waals surface area (Å²) in [7, 11) is 1.70. The standard InChI is InChI=1S/C29H41N3O4/c1-21-11-13-22(14-12-21)24-9-3-4-10-25(24)29(35,15-5-6-17-36-2)23-8-7-16-31(18-23)28(34)32-19-26(30)27(33)20-32/h3-4,9-14,23,26-27,33,35H,5-8,15-20,30H2,1-2H3/t23-,26-,27+,29+/m1/s1. The number of hydrogen-bond donors (Lipinski definition) is 3. The number of ether oxygens (including phenoxy) is 1. The molecule has 0 spiro atoms. The zero-order valence-corrected chi connectivity index (χ0v) is 21.6. The quantitative estimate of drug-likeness (QED) is 0.487. The van der Waals surface area contributed by atoms with Crippen LogP contribution in [0.4, 0.5) is 4.79 Å². The number of urea groups is 1. The minimum atomic E-state index is -1.09. The molecule has 2 amide bonds. The summed E-state index contributed by atoms with van der Waals surface area (Å²) in [5.41, 5.74) is 9.09. The average Bonchev–Trinajstić information content (AvgIpc) is 3.24. The van der Waals surface area contributed by atoms with Crippen molar-refractivity contribution in [2.45, 2.75) is 56.8 Å². The summed E-state index contributed by atoms with van der Waals surface area (Å²) in [5, 5.41) is 22.6. The van der Waals surface area contributed by atoms with Crippen molar-refractivity contribution < 1.29 is 19.7 Å². The van der Waals surface area contributed by atoms with Gasteiger partial charge in [-0.25, -0.2) is 4.79 Å². The maximum Gasteiger partial charge on any atom is 0.320 e. The van der Waals surface area contributed by atoms with E-state index in [9.17, 15) is 15.0 Å². The average molecular weight is 496 g/mol. The van der Waals surface area contributed by atoms with E-state index in [1.165, 1.54) is 5.56 Å². The molecule has 4 atom stereocenters. The van der Waals surface area contributed by atoms with Crippen LogP contribution in [-0.2, 0) is 10.3 Å². The molecule has 4 rings (SSSR count). The first-order valence-corrected chi connectivity index (χ1v) is 13.2. The third-order valence-electron chi connectivity index (χ3n) is 7.88. The predicted octanol–water partition coefficient (Wildman–Crippen LogP) is 3.50. The van der Waals surface area contributed by atoms with Crippen LogP contribution in [0, 0.1) is 12.8 Å². The van der Waals surface area contributed by atoms with Crippen LogP contribution >= 0.6 is 0 Å². The number of benzene rings is 2. The van der Waals surface area contributed by atoms with Gasteiger partial charge in [-0.1, -0.05) is 54.1 Å². The molecular weight excluding hydrogens is 454 g/mol. The van der Waals surface area contributed by atoms with Crippen molar-refractivity contribution in [3.8, 4) is 11.1 Å². The minimum Gasteiger partial charge on any atom is -0.390 e. The van der Waals surface area contributed by atoms with Gasteiger partial charge in [-0.3, -0.25) is 0 Å². The van der Waals surface area contributed by atoms with E-state index in [4.69, 9.17) is 10.5 Å². The first-order chi connectivity index (χ1) is 17.3. The lowest BCUT2D eigenvalue weighted by molar-refractivity contribution is -0.0571. The Morgan fingerprint density at radius 3 is 2.53 bits per heavy atom. The molecule has 2 aliphatic heterocycles. The molecule has 4 N–H and O–H groups in total. The summed E-state index contributed by atoms with van der Waals surface area (Å²) < 4.78 is 5.26. The monoisotopic (exact) mass is 495 g/mol. The van der Waals surface area contributed by atoms with Crippen LogP contribution in [0.3, 0.4) is 0 Å². The molecule has 0 saturated carbocycles. The number of nitrogens with two attached hydrogens (primary N) is 1. The highest BCUT2D eigenvalue weighted by molar-refractivity contribution is 5.75. The van der Waals surface area contributed by atoms with E-state index in [-0.39, 0.29) is 18.5 Å². The molecule has 2 saturated heterocycles. The number of nitrogens with zero attached hydrogens (tertiary/aromatic N) is 2. The maximum absolute atomic E-state index is 13.3. The number of aryl methyl sites for hydroxylation is 1. The normalized spacial score (nSPS) is 24.1. The Bertz CT molecular complexity index is 1000. The third-order valence-corrected chi connectivity index (χ3v) is 7.88. The molecule has 7 nitrogen and oxygen atoms in total. The molecule has 36 heavy (non-hydrogen) atoms. The number of rotatable bonds is 8. The molecule has 2 aliphatic rings. The van der Waals surface area contributed by atoms with Gasteiger partial charge in [0.1, 0.15) is 0 Å². The summed E-state index contributed by atoms with van der Waals surface area (Å²) >= 11 is 0. The summed E-state index contributed by atoms with van der Waals surface area (Å²) in [6, 6.07) is 16.0. The molecule has 0 aliphatic carbocycles. The smallest absolute Gasteiger partial charge is 0.320 e. The van der Waals surface area contributed by atoms with Gasteiger partial charge in [0.05, 0.1) is 11.7 Å². The van der Waals surface area contributed by atoms with Gasteiger partial charge < -0.3 is 30.5 Å². The molecular formula is C29H41N3O4. The predicted molar refractivity (Wildman–Crippen MR) is 141 cm³/mol. The van der Waals surface area contributed by atoms with Crippen LogP contribution in [0.15, 0.2) is 48.5 Å². The fourth-order valence-corrected chi connectivity index (χ4v) is 5.75. The number of aliphatic hydroxyl groups is 2. The van der Waals surface area contributed by atoms with Crippen molar-refractivity contribution in [3.63, 3.8) is 0 Å². The van der Waals surface area contributed by atoms with E-state index in [1.54, 1.807) is 12.0 Å². The number of carbonyl (C=O) groups is 1. The number of likely N-dealkylation sites (tertiary alicyclic amines) is 2. The van der Waals surface area contributed by atoms with Gasteiger partial charge in [-0.15, -0.1) is 0 Å². The second-order valence-electron chi connectivity index (χ2n) is 10.5. The van der Waals surface area contributed by atoms with Crippen molar-refractivity contribution in [1.29, 1.82) is 0 Å². The zero-order valence-electron chi connectivity index (χ0n) is 21.6. The second-order valence-corrected chi connectivity index (χ2v) is 10.5. The minimum absolute atomic E-state index is 0.0970. The number of piperidine rings is 1.